The highest BCUT2D eigenvalue weighted by atomic mass is 32.1. The van der Waals surface area contributed by atoms with Crippen LogP contribution in [-0.4, -0.2) is 33.1 Å². The number of carbonyl (C=O) groups is 2. The number of nitrogens with one attached hydrogen (secondary N) is 1. The van der Waals surface area contributed by atoms with Gasteiger partial charge in [-0.25, -0.2) is 0 Å². The fourth-order valence-corrected chi connectivity index (χ4v) is 2.28. The van der Waals surface area contributed by atoms with Gasteiger partial charge in [-0.05, 0) is 36.2 Å². The van der Waals surface area contributed by atoms with Crippen LogP contribution in [-0.2, 0) is 4.79 Å². The third-order valence-corrected chi connectivity index (χ3v) is 3.72. The Morgan fingerprint density at radius 2 is 2.16 bits per heavy atom. The summed E-state index contributed by atoms with van der Waals surface area (Å²) in [6, 6.07) is 0. The van der Waals surface area contributed by atoms with Crippen molar-refractivity contribution >= 4 is 23.4 Å². The zero-order chi connectivity index (χ0) is 14.3. The molecule has 0 aliphatic rings. The van der Waals surface area contributed by atoms with E-state index in [1.807, 2.05) is 0 Å². The van der Waals surface area contributed by atoms with E-state index in [0.29, 0.717) is 29.7 Å². The van der Waals surface area contributed by atoms with Crippen molar-refractivity contribution in [2.45, 2.75) is 33.1 Å². The standard InChI is InChI=1S/C12H19N3O3S/c1-8(2)9(3-4-11(16)17)5-6-13-12(18)10-7-14-15-19-10/h7-9H,3-6H2,1-2H3,(H,13,18)(H,16,17). The van der Waals surface area contributed by atoms with Gasteiger partial charge in [0.15, 0.2) is 0 Å². The van der Waals surface area contributed by atoms with Crippen molar-refractivity contribution in [1.82, 2.24) is 14.9 Å². The number of rotatable bonds is 8. The summed E-state index contributed by atoms with van der Waals surface area (Å²) in [5, 5.41) is 15.1. The Hall–Kier alpha value is -1.50. The molecular weight excluding hydrogens is 266 g/mol. The summed E-state index contributed by atoms with van der Waals surface area (Å²) >= 11 is 1.06. The normalized spacial score (nSPS) is 12.4. The quantitative estimate of drug-likeness (QED) is 0.759. The molecule has 0 radical (unpaired) electrons. The van der Waals surface area contributed by atoms with Gasteiger partial charge in [0.05, 0.1) is 6.20 Å². The van der Waals surface area contributed by atoms with E-state index in [9.17, 15) is 9.59 Å². The molecule has 1 heterocycles. The summed E-state index contributed by atoms with van der Waals surface area (Å²) in [6.07, 6.45) is 3.04. The molecule has 0 bridgehead atoms. The van der Waals surface area contributed by atoms with E-state index in [1.54, 1.807) is 0 Å². The molecule has 1 aromatic heterocycles. The number of aliphatic carboxylic acids is 1. The van der Waals surface area contributed by atoms with Gasteiger partial charge in [-0.2, -0.15) is 0 Å². The Balaban J connectivity index is 2.32. The molecule has 2 N–H and O–H groups in total. The molecule has 1 unspecified atom stereocenters. The highest BCUT2D eigenvalue weighted by Crippen LogP contribution is 2.20. The molecule has 0 aromatic carbocycles. The predicted molar refractivity (Wildman–Crippen MR) is 72.1 cm³/mol. The molecule has 106 valence electrons. The third-order valence-electron chi connectivity index (χ3n) is 3.06. The lowest BCUT2D eigenvalue weighted by Gasteiger charge is -2.20. The van der Waals surface area contributed by atoms with Crippen LogP contribution in [0.2, 0.25) is 0 Å². The Morgan fingerprint density at radius 3 is 2.68 bits per heavy atom. The Labute approximate surface area is 116 Å². The van der Waals surface area contributed by atoms with Crippen molar-refractivity contribution < 1.29 is 14.7 Å². The first kappa shape index (κ1) is 15.6. The lowest BCUT2D eigenvalue weighted by atomic mass is 9.88. The summed E-state index contributed by atoms with van der Waals surface area (Å²) in [5.41, 5.74) is 0. The van der Waals surface area contributed by atoms with E-state index in [1.165, 1.54) is 6.20 Å². The highest BCUT2D eigenvalue weighted by Gasteiger charge is 2.15. The average Bonchev–Trinajstić information content (AvgIpc) is 2.86. The third kappa shape index (κ3) is 5.78. The number of amides is 1. The fraction of sp³-hybridized carbons (Fsp3) is 0.667. The van der Waals surface area contributed by atoms with Crippen LogP contribution in [0.3, 0.4) is 0 Å². The molecule has 0 aliphatic heterocycles. The first-order valence-corrected chi connectivity index (χ1v) is 7.05. The summed E-state index contributed by atoms with van der Waals surface area (Å²) in [5.74, 6) is -0.238. The number of carboxylic acids is 1. The molecule has 0 fully saturated rings. The van der Waals surface area contributed by atoms with E-state index in [-0.39, 0.29) is 12.3 Å². The number of hydrogen-bond acceptors (Lipinski definition) is 5. The molecule has 1 amide bonds. The molecule has 0 saturated carbocycles. The van der Waals surface area contributed by atoms with E-state index >= 15 is 0 Å². The molecule has 1 rings (SSSR count). The van der Waals surface area contributed by atoms with Gasteiger partial charge in [0.2, 0.25) is 0 Å². The lowest BCUT2D eigenvalue weighted by Crippen LogP contribution is -2.26. The highest BCUT2D eigenvalue weighted by molar-refractivity contribution is 7.07. The van der Waals surface area contributed by atoms with Crippen molar-refractivity contribution in [1.29, 1.82) is 0 Å². The number of carboxylic acid groups (broad SMARTS) is 1. The van der Waals surface area contributed by atoms with E-state index in [2.05, 4.69) is 28.8 Å². The van der Waals surface area contributed by atoms with E-state index < -0.39 is 5.97 Å². The summed E-state index contributed by atoms with van der Waals surface area (Å²) in [7, 11) is 0. The fourth-order valence-electron chi connectivity index (χ4n) is 1.85. The second-order valence-corrected chi connectivity index (χ2v) is 5.55. The molecule has 6 nitrogen and oxygen atoms in total. The van der Waals surface area contributed by atoms with Crippen molar-refractivity contribution in [3.8, 4) is 0 Å². The van der Waals surface area contributed by atoms with Crippen LogP contribution in [0.15, 0.2) is 6.20 Å². The maximum absolute atomic E-state index is 11.6. The number of aromatic nitrogens is 2. The van der Waals surface area contributed by atoms with E-state index in [4.69, 9.17) is 5.11 Å². The SMILES string of the molecule is CC(C)C(CCNC(=O)c1cnns1)CCC(=O)O. The van der Waals surface area contributed by atoms with Crippen molar-refractivity contribution in [3.05, 3.63) is 11.1 Å². The van der Waals surface area contributed by atoms with Crippen LogP contribution in [0.4, 0.5) is 0 Å². The van der Waals surface area contributed by atoms with Crippen LogP contribution in [0, 0.1) is 11.8 Å². The van der Waals surface area contributed by atoms with Crippen molar-refractivity contribution in [3.63, 3.8) is 0 Å². The molecular formula is C12H19N3O3S. The number of nitrogens with zero attached hydrogens (tertiary/aromatic N) is 2. The van der Waals surface area contributed by atoms with Crippen LogP contribution in [0.5, 0.6) is 0 Å². The zero-order valence-corrected chi connectivity index (χ0v) is 11.9. The minimum absolute atomic E-state index is 0.171. The van der Waals surface area contributed by atoms with Gasteiger partial charge in [-0.15, -0.1) is 5.10 Å². The maximum Gasteiger partial charge on any atom is 0.303 e. The van der Waals surface area contributed by atoms with Crippen LogP contribution in [0.25, 0.3) is 0 Å². The average molecular weight is 285 g/mol. The van der Waals surface area contributed by atoms with Gasteiger partial charge in [0.25, 0.3) is 5.91 Å². The Morgan fingerprint density at radius 1 is 1.42 bits per heavy atom. The smallest absolute Gasteiger partial charge is 0.303 e. The first-order chi connectivity index (χ1) is 9.00. The summed E-state index contributed by atoms with van der Waals surface area (Å²) < 4.78 is 3.63. The zero-order valence-electron chi connectivity index (χ0n) is 11.1. The second-order valence-electron chi connectivity index (χ2n) is 4.76. The Bertz CT molecular complexity index is 406. The second kappa shape index (κ2) is 7.83. The summed E-state index contributed by atoms with van der Waals surface area (Å²) in [4.78, 5) is 22.7. The predicted octanol–water partition coefficient (Wildman–Crippen LogP) is 1.80. The van der Waals surface area contributed by atoms with Crippen molar-refractivity contribution in [2.24, 2.45) is 11.8 Å². The minimum Gasteiger partial charge on any atom is -0.481 e. The lowest BCUT2D eigenvalue weighted by molar-refractivity contribution is -0.137. The maximum atomic E-state index is 11.6. The van der Waals surface area contributed by atoms with Gasteiger partial charge >= 0.3 is 5.97 Å². The van der Waals surface area contributed by atoms with Gasteiger partial charge in [-0.3, -0.25) is 9.59 Å². The van der Waals surface area contributed by atoms with Crippen LogP contribution in [0.1, 0.15) is 42.8 Å². The first-order valence-electron chi connectivity index (χ1n) is 6.28. The molecule has 0 saturated heterocycles. The molecule has 1 atom stereocenters. The van der Waals surface area contributed by atoms with E-state index in [0.717, 1.165) is 18.0 Å². The van der Waals surface area contributed by atoms with Gasteiger partial charge in [0, 0.05) is 13.0 Å². The van der Waals surface area contributed by atoms with Gasteiger partial charge in [-0.1, -0.05) is 18.3 Å². The summed E-state index contributed by atoms with van der Waals surface area (Å²) in [6.45, 7) is 4.68. The van der Waals surface area contributed by atoms with Gasteiger partial charge in [0.1, 0.15) is 4.88 Å². The molecule has 19 heavy (non-hydrogen) atoms. The molecule has 1 aromatic rings. The van der Waals surface area contributed by atoms with Crippen molar-refractivity contribution in [2.75, 3.05) is 6.54 Å². The molecule has 7 heteroatoms. The van der Waals surface area contributed by atoms with Gasteiger partial charge < -0.3 is 10.4 Å². The molecule has 0 spiro atoms. The molecule has 0 aliphatic carbocycles. The number of carbonyl (C=O) groups excluding carboxylic acids is 1. The monoisotopic (exact) mass is 285 g/mol. The Kier molecular flexibility index (Phi) is 6.41. The van der Waals surface area contributed by atoms with Crippen LogP contribution < -0.4 is 5.32 Å². The number of hydrogen-bond donors (Lipinski definition) is 2. The largest absolute Gasteiger partial charge is 0.481 e. The minimum atomic E-state index is -0.773. The topological polar surface area (TPSA) is 92.2 Å². The van der Waals surface area contributed by atoms with Crippen LogP contribution >= 0.6 is 11.5 Å².